The predicted octanol–water partition coefficient (Wildman–Crippen LogP) is 1.16. The van der Waals surface area contributed by atoms with Crippen LogP contribution in [-0.4, -0.2) is 30.6 Å². The largest absolute Gasteiger partial charge is 0.380 e. The molecule has 0 aliphatic rings. The number of hydrogen-bond donors (Lipinski definition) is 1. The van der Waals surface area contributed by atoms with Gasteiger partial charge in [0.25, 0.3) is 5.91 Å². The number of rotatable bonds is 5. The zero-order valence-electron chi connectivity index (χ0n) is 9.12. The van der Waals surface area contributed by atoms with Gasteiger partial charge in [0.1, 0.15) is 0 Å². The Bertz CT molecular complexity index is 326. The quantitative estimate of drug-likeness (QED) is 0.739. The first-order valence-electron chi connectivity index (χ1n) is 5.02. The van der Waals surface area contributed by atoms with E-state index >= 15 is 0 Å². The molecule has 0 atom stereocenters. The number of carbonyl (C=O) groups excluding carboxylic acids is 1. The molecule has 1 aromatic rings. The lowest BCUT2D eigenvalue weighted by atomic mass is 10.1. The van der Waals surface area contributed by atoms with Crippen molar-refractivity contribution < 1.29 is 9.53 Å². The summed E-state index contributed by atoms with van der Waals surface area (Å²) in [5, 5.41) is 2.77. The van der Waals surface area contributed by atoms with E-state index in [4.69, 9.17) is 4.74 Å². The topological polar surface area (TPSA) is 51.2 Å². The normalized spacial score (nSPS) is 10.0. The summed E-state index contributed by atoms with van der Waals surface area (Å²) >= 11 is 0. The van der Waals surface area contributed by atoms with Crippen LogP contribution in [0.5, 0.6) is 0 Å². The molecule has 4 heteroatoms. The van der Waals surface area contributed by atoms with Crippen LogP contribution in [0.4, 0.5) is 0 Å². The highest BCUT2D eigenvalue weighted by atomic mass is 16.5. The summed E-state index contributed by atoms with van der Waals surface area (Å²) in [5.41, 5.74) is 1.55. The number of nitrogens with one attached hydrogen (secondary N) is 1. The van der Waals surface area contributed by atoms with Crippen molar-refractivity contribution in [2.24, 2.45) is 0 Å². The van der Waals surface area contributed by atoms with Gasteiger partial charge in [0.15, 0.2) is 0 Å². The number of pyridine rings is 1. The van der Waals surface area contributed by atoms with Crippen LogP contribution in [0, 0.1) is 6.92 Å². The summed E-state index contributed by atoms with van der Waals surface area (Å²) in [6, 6.07) is 1.82. The van der Waals surface area contributed by atoms with Crippen molar-refractivity contribution in [1.29, 1.82) is 0 Å². The van der Waals surface area contributed by atoms with Gasteiger partial charge in [0.2, 0.25) is 0 Å². The molecule has 0 aliphatic heterocycles. The van der Waals surface area contributed by atoms with Crippen LogP contribution in [0.15, 0.2) is 18.5 Å². The molecule has 0 fully saturated rings. The Morgan fingerprint density at radius 3 is 3.07 bits per heavy atom. The predicted molar refractivity (Wildman–Crippen MR) is 57.8 cm³/mol. The highest BCUT2D eigenvalue weighted by molar-refractivity contribution is 5.95. The lowest BCUT2D eigenvalue weighted by Gasteiger charge is -2.06. The minimum absolute atomic E-state index is 0.0969. The van der Waals surface area contributed by atoms with Gasteiger partial charge in [-0.2, -0.15) is 0 Å². The van der Waals surface area contributed by atoms with Crippen LogP contribution in [0.2, 0.25) is 0 Å². The lowest BCUT2D eigenvalue weighted by Crippen LogP contribution is -2.27. The van der Waals surface area contributed by atoms with Crippen LogP contribution < -0.4 is 5.32 Å². The lowest BCUT2D eigenvalue weighted by molar-refractivity contribution is 0.0921. The maximum Gasteiger partial charge on any atom is 0.253 e. The summed E-state index contributed by atoms with van der Waals surface area (Å²) in [4.78, 5) is 15.5. The highest BCUT2D eigenvalue weighted by Gasteiger charge is 2.07. The molecule has 82 valence electrons. The van der Waals surface area contributed by atoms with Crippen molar-refractivity contribution in [2.75, 3.05) is 19.8 Å². The van der Waals surface area contributed by atoms with E-state index in [1.807, 2.05) is 19.9 Å². The van der Waals surface area contributed by atoms with Gasteiger partial charge in [0.05, 0.1) is 12.2 Å². The molecule has 0 aliphatic carbocycles. The molecule has 0 radical (unpaired) electrons. The summed E-state index contributed by atoms with van der Waals surface area (Å²) in [6.45, 7) is 5.55. The molecule has 0 spiro atoms. The van der Waals surface area contributed by atoms with Crippen LogP contribution in [0.3, 0.4) is 0 Å². The Morgan fingerprint density at radius 1 is 1.60 bits per heavy atom. The molecule has 4 nitrogen and oxygen atoms in total. The Morgan fingerprint density at radius 2 is 2.40 bits per heavy atom. The van der Waals surface area contributed by atoms with Gasteiger partial charge in [0, 0.05) is 25.5 Å². The van der Waals surface area contributed by atoms with Crippen LogP contribution in [0.25, 0.3) is 0 Å². The summed E-state index contributed by atoms with van der Waals surface area (Å²) in [6.07, 6.45) is 3.25. The SMILES string of the molecule is CCOCCNC(=O)c1cnccc1C. The standard InChI is InChI=1S/C11H16N2O2/c1-3-15-7-6-13-11(14)10-8-12-5-4-9(10)2/h4-5,8H,3,6-7H2,1-2H3,(H,13,14). The third kappa shape index (κ3) is 3.67. The summed E-state index contributed by atoms with van der Waals surface area (Å²) in [5.74, 6) is -0.0969. The van der Waals surface area contributed by atoms with E-state index in [9.17, 15) is 4.79 Å². The second-order valence-electron chi connectivity index (χ2n) is 3.14. The zero-order valence-corrected chi connectivity index (χ0v) is 9.12. The minimum Gasteiger partial charge on any atom is -0.380 e. The third-order valence-corrected chi connectivity index (χ3v) is 2.02. The number of ether oxygens (including phenoxy) is 1. The number of aryl methyl sites for hydroxylation is 1. The molecule has 1 amide bonds. The van der Waals surface area contributed by atoms with Crippen molar-refractivity contribution in [3.8, 4) is 0 Å². The van der Waals surface area contributed by atoms with Crippen molar-refractivity contribution in [2.45, 2.75) is 13.8 Å². The Kier molecular flexibility index (Phi) is 4.77. The average Bonchev–Trinajstić information content (AvgIpc) is 2.25. The van der Waals surface area contributed by atoms with Gasteiger partial charge in [-0.05, 0) is 25.5 Å². The van der Waals surface area contributed by atoms with Gasteiger partial charge in [-0.1, -0.05) is 0 Å². The van der Waals surface area contributed by atoms with Gasteiger partial charge >= 0.3 is 0 Å². The van der Waals surface area contributed by atoms with Crippen LogP contribution in [-0.2, 0) is 4.74 Å². The Hall–Kier alpha value is -1.42. The molecule has 0 aromatic carbocycles. The van der Waals surface area contributed by atoms with E-state index < -0.39 is 0 Å². The van der Waals surface area contributed by atoms with E-state index in [1.165, 1.54) is 0 Å². The van der Waals surface area contributed by atoms with Crippen LogP contribution >= 0.6 is 0 Å². The molecule has 1 heterocycles. The van der Waals surface area contributed by atoms with Crippen molar-refractivity contribution in [3.05, 3.63) is 29.6 Å². The van der Waals surface area contributed by atoms with E-state index in [2.05, 4.69) is 10.3 Å². The fourth-order valence-electron chi connectivity index (χ4n) is 1.18. The molecule has 15 heavy (non-hydrogen) atoms. The maximum absolute atomic E-state index is 11.6. The molecule has 1 aromatic heterocycles. The first-order valence-corrected chi connectivity index (χ1v) is 5.02. The molecule has 0 bridgehead atoms. The monoisotopic (exact) mass is 208 g/mol. The molecule has 0 unspecified atom stereocenters. The molecule has 0 saturated carbocycles. The Balaban J connectivity index is 2.44. The van der Waals surface area contributed by atoms with E-state index in [0.717, 1.165) is 5.56 Å². The first-order chi connectivity index (χ1) is 7.25. The highest BCUT2D eigenvalue weighted by Crippen LogP contribution is 2.03. The van der Waals surface area contributed by atoms with Gasteiger partial charge < -0.3 is 10.1 Å². The maximum atomic E-state index is 11.6. The van der Waals surface area contributed by atoms with Crippen molar-refractivity contribution in [3.63, 3.8) is 0 Å². The van der Waals surface area contributed by atoms with Crippen molar-refractivity contribution >= 4 is 5.91 Å². The zero-order chi connectivity index (χ0) is 11.1. The molecular weight excluding hydrogens is 192 g/mol. The van der Waals surface area contributed by atoms with Gasteiger partial charge in [-0.15, -0.1) is 0 Å². The smallest absolute Gasteiger partial charge is 0.253 e. The fourth-order valence-corrected chi connectivity index (χ4v) is 1.18. The molecule has 0 saturated heterocycles. The summed E-state index contributed by atoms with van der Waals surface area (Å²) < 4.78 is 5.12. The van der Waals surface area contributed by atoms with Gasteiger partial charge in [-0.25, -0.2) is 0 Å². The van der Waals surface area contributed by atoms with Crippen LogP contribution in [0.1, 0.15) is 22.8 Å². The number of carbonyl (C=O) groups is 1. The number of hydrogen-bond acceptors (Lipinski definition) is 3. The number of nitrogens with zero attached hydrogens (tertiary/aromatic N) is 1. The summed E-state index contributed by atoms with van der Waals surface area (Å²) in [7, 11) is 0. The molecule has 1 rings (SSSR count). The third-order valence-electron chi connectivity index (χ3n) is 2.02. The Labute approximate surface area is 89.7 Å². The number of amides is 1. The van der Waals surface area contributed by atoms with E-state index in [0.29, 0.717) is 25.3 Å². The molecule has 1 N–H and O–H groups in total. The van der Waals surface area contributed by atoms with Crippen molar-refractivity contribution in [1.82, 2.24) is 10.3 Å². The number of aromatic nitrogens is 1. The second-order valence-corrected chi connectivity index (χ2v) is 3.14. The first kappa shape index (κ1) is 11.7. The van der Waals surface area contributed by atoms with E-state index in [-0.39, 0.29) is 5.91 Å². The second kappa shape index (κ2) is 6.14. The van der Waals surface area contributed by atoms with E-state index in [1.54, 1.807) is 12.4 Å². The van der Waals surface area contributed by atoms with Gasteiger partial charge in [-0.3, -0.25) is 9.78 Å². The molecular formula is C11H16N2O2. The average molecular weight is 208 g/mol. The fraction of sp³-hybridized carbons (Fsp3) is 0.455. The minimum atomic E-state index is -0.0969.